The minimum atomic E-state index is -3.70. The van der Waals surface area contributed by atoms with Gasteiger partial charge >= 0.3 is 0 Å². The van der Waals surface area contributed by atoms with Crippen molar-refractivity contribution in [2.45, 2.75) is 32.6 Å². The van der Waals surface area contributed by atoms with Gasteiger partial charge in [0.2, 0.25) is 0 Å². The first-order valence-corrected chi connectivity index (χ1v) is 9.69. The van der Waals surface area contributed by atoms with Crippen LogP contribution in [0.2, 0.25) is 0 Å². The molecule has 0 N–H and O–H groups in total. The van der Waals surface area contributed by atoms with E-state index in [2.05, 4.69) is 6.58 Å². The number of aryl methyl sites for hydroxylation is 3. The number of hydrogen-bond acceptors (Lipinski definition) is 3. The normalized spacial score (nSPS) is 11.2. The van der Waals surface area contributed by atoms with E-state index in [1.165, 1.54) is 4.31 Å². The Morgan fingerprint density at radius 2 is 1.64 bits per heavy atom. The van der Waals surface area contributed by atoms with Crippen molar-refractivity contribution in [3.8, 4) is 5.75 Å². The minimum absolute atomic E-state index is 0.209. The second-order valence-electron chi connectivity index (χ2n) is 5.98. The summed E-state index contributed by atoms with van der Waals surface area (Å²) >= 11 is 0. The van der Waals surface area contributed by atoms with E-state index in [1.807, 2.05) is 39.8 Å². The molecule has 2 rings (SSSR count). The van der Waals surface area contributed by atoms with Gasteiger partial charge in [0.1, 0.15) is 5.75 Å². The lowest BCUT2D eigenvalue weighted by atomic mass is 10.1. The quantitative estimate of drug-likeness (QED) is 0.689. The summed E-state index contributed by atoms with van der Waals surface area (Å²) in [5.74, 6) is 0.652. The van der Waals surface area contributed by atoms with Crippen LogP contribution in [0, 0.1) is 20.8 Å². The van der Waals surface area contributed by atoms with Gasteiger partial charge in [-0.25, -0.2) is 8.42 Å². The van der Waals surface area contributed by atoms with Gasteiger partial charge in [0.15, 0.2) is 0 Å². The van der Waals surface area contributed by atoms with E-state index < -0.39 is 10.0 Å². The molecule has 0 heterocycles. The van der Waals surface area contributed by atoms with Crippen LogP contribution in [0.3, 0.4) is 0 Å². The van der Waals surface area contributed by atoms with Crippen molar-refractivity contribution >= 4 is 15.7 Å². The van der Waals surface area contributed by atoms with Gasteiger partial charge in [0.05, 0.1) is 23.7 Å². The Labute approximate surface area is 150 Å². The molecule has 0 aliphatic heterocycles. The van der Waals surface area contributed by atoms with E-state index in [0.717, 1.165) is 16.7 Å². The summed E-state index contributed by atoms with van der Waals surface area (Å²) < 4.78 is 33.2. The Morgan fingerprint density at radius 1 is 1.08 bits per heavy atom. The molecule has 0 aromatic heterocycles. The van der Waals surface area contributed by atoms with Crippen molar-refractivity contribution in [2.75, 3.05) is 17.5 Å². The zero-order valence-corrected chi connectivity index (χ0v) is 16.1. The fourth-order valence-corrected chi connectivity index (χ4v) is 4.56. The second-order valence-corrected chi connectivity index (χ2v) is 7.84. The Morgan fingerprint density at radius 3 is 2.12 bits per heavy atom. The average Bonchev–Trinajstić information content (AvgIpc) is 2.54. The van der Waals surface area contributed by atoms with Gasteiger partial charge in [-0.05, 0) is 63.1 Å². The summed E-state index contributed by atoms with van der Waals surface area (Å²) in [6.45, 7) is 12.2. The maximum absolute atomic E-state index is 13.2. The Hall–Kier alpha value is -2.27. The Balaban J connectivity index is 2.54. The topological polar surface area (TPSA) is 46.6 Å². The van der Waals surface area contributed by atoms with Crippen LogP contribution in [-0.2, 0) is 10.0 Å². The molecule has 0 amide bonds. The predicted molar refractivity (Wildman–Crippen MR) is 103 cm³/mol. The molecule has 25 heavy (non-hydrogen) atoms. The molecule has 0 saturated heterocycles. The molecule has 0 spiro atoms. The SMILES string of the molecule is C=CCN(c1c(C)cc(C)cc1C)S(=O)(=O)c1ccc(OCC)cc1. The Kier molecular flexibility index (Phi) is 5.90. The number of nitrogens with zero attached hydrogens (tertiary/aromatic N) is 1. The molecule has 0 saturated carbocycles. The number of hydrogen-bond donors (Lipinski definition) is 0. The lowest BCUT2D eigenvalue weighted by Crippen LogP contribution is -2.32. The highest BCUT2D eigenvalue weighted by Crippen LogP contribution is 2.31. The van der Waals surface area contributed by atoms with Crippen LogP contribution in [0.15, 0.2) is 53.9 Å². The number of benzene rings is 2. The first-order valence-electron chi connectivity index (χ1n) is 8.25. The largest absolute Gasteiger partial charge is 0.494 e. The number of sulfonamides is 1. The van der Waals surface area contributed by atoms with Crippen molar-refractivity contribution in [1.82, 2.24) is 0 Å². The van der Waals surface area contributed by atoms with Gasteiger partial charge in [0.25, 0.3) is 10.0 Å². The van der Waals surface area contributed by atoms with Gasteiger partial charge < -0.3 is 4.74 Å². The molecular weight excluding hydrogens is 334 g/mol. The molecule has 0 radical (unpaired) electrons. The fraction of sp³-hybridized carbons (Fsp3) is 0.300. The monoisotopic (exact) mass is 359 g/mol. The summed E-state index contributed by atoms with van der Waals surface area (Å²) in [5, 5.41) is 0. The standard InChI is InChI=1S/C20H25NO3S/c1-6-12-21(20-16(4)13-15(3)14-17(20)5)25(22,23)19-10-8-18(9-11-19)24-7-2/h6,8-11,13-14H,1,7,12H2,2-5H3. The predicted octanol–water partition coefficient (Wildman–Crippen LogP) is 4.39. The van der Waals surface area contributed by atoms with E-state index >= 15 is 0 Å². The zero-order chi connectivity index (χ0) is 18.6. The van der Waals surface area contributed by atoms with E-state index in [4.69, 9.17) is 4.74 Å². The lowest BCUT2D eigenvalue weighted by Gasteiger charge is -2.27. The molecule has 2 aromatic carbocycles. The van der Waals surface area contributed by atoms with Crippen LogP contribution in [0.4, 0.5) is 5.69 Å². The van der Waals surface area contributed by atoms with Crippen molar-refractivity contribution in [1.29, 1.82) is 0 Å². The maximum atomic E-state index is 13.2. The van der Waals surface area contributed by atoms with Gasteiger partial charge in [-0.3, -0.25) is 4.31 Å². The number of ether oxygens (including phenoxy) is 1. The average molecular weight is 359 g/mol. The highest BCUT2D eigenvalue weighted by molar-refractivity contribution is 7.92. The molecule has 5 heteroatoms. The van der Waals surface area contributed by atoms with Crippen LogP contribution in [0.25, 0.3) is 0 Å². The van der Waals surface area contributed by atoms with Crippen LogP contribution in [0.1, 0.15) is 23.6 Å². The lowest BCUT2D eigenvalue weighted by molar-refractivity contribution is 0.340. The third-order valence-electron chi connectivity index (χ3n) is 3.90. The molecule has 134 valence electrons. The zero-order valence-electron chi connectivity index (χ0n) is 15.2. The first-order chi connectivity index (χ1) is 11.8. The second kappa shape index (κ2) is 7.74. The molecular formula is C20H25NO3S. The third kappa shape index (κ3) is 4.04. The fourth-order valence-electron chi connectivity index (χ4n) is 2.99. The van der Waals surface area contributed by atoms with Crippen molar-refractivity contribution < 1.29 is 13.2 Å². The Bertz CT molecular complexity index is 832. The van der Waals surface area contributed by atoms with Crippen molar-refractivity contribution in [3.05, 3.63) is 65.7 Å². The smallest absolute Gasteiger partial charge is 0.264 e. The molecule has 2 aromatic rings. The van der Waals surface area contributed by atoms with Gasteiger partial charge in [0, 0.05) is 0 Å². The minimum Gasteiger partial charge on any atom is -0.494 e. The van der Waals surface area contributed by atoms with Gasteiger partial charge in [-0.15, -0.1) is 6.58 Å². The highest BCUT2D eigenvalue weighted by Gasteiger charge is 2.26. The van der Waals surface area contributed by atoms with Gasteiger partial charge in [-0.2, -0.15) is 0 Å². The summed E-state index contributed by atoms with van der Waals surface area (Å²) in [6, 6.07) is 10.5. The van der Waals surface area contributed by atoms with E-state index in [1.54, 1.807) is 30.3 Å². The van der Waals surface area contributed by atoms with E-state index in [0.29, 0.717) is 18.0 Å². The van der Waals surface area contributed by atoms with Crippen molar-refractivity contribution in [2.24, 2.45) is 0 Å². The summed E-state index contributed by atoms with van der Waals surface area (Å²) in [7, 11) is -3.70. The van der Waals surface area contributed by atoms with Crippen LogP contribution in [0.5, 0.6) is 5.75 Å². The summed E-state index contributed by atoms with van der Waals surface area (Å²) in [4.78, 5) is 0.233. The van der Waals surface area contributed by atoms with Crippen molar-refractivity contribution in [3.63, 3.8) is 0 Å². The molecule has 0 fully saturated rings. The first kappa shape index (κ1) is 19.1. The number of anilines is 1. The van der Waals surface area contributed by atoms with Gasteiger partial charge in [-0.1, -0.05) is 23.8 Å². The molecule has 0 unspecified atom stereocenters. The highest BCUT2D eigenvalue weighted by atomic mass is 32.2. The molecule has 0 aliphatic carbocycles. The maximum Gasteiger partial charge on any atom is 0.264 e. The molecule has 0 bridgehead atoms. The van der Waals surface area contributed by atoms with E-state index in [-0.39, 0.29) is 11.4 Å². The molecule has 4 nitrogen and oxygen atoms in total. The number of rotatable bonds is 7. The third-order valence-corrected chi connectivity index (χ3v) is 5.68. The van der Waals surface area contributed by atoms with Crippen LogP contribution >= 0.6 is 0 Å². The summed E-state index contributed by atoms with van der Waals surface area (Å²) in [6.07, 6.45) is 1.60. The van der Waals surface area contributed by atoms with Crippen LogP contribution < -0.4 is 9.04 Å². The van der Waals surface area contributed by atoms with Crippen LogP contribution in [-0.4, -0.2) is 21.6 Å². The summed E-state index contributed by atoms with van der Waals surface area (Å²) in [5.41, 5.74) is 3.66. The molecule has 0 atom stereocenters. The van der Waals surface area contributed by atoms with E-state index in [9.17, 15) is 8.42 Å². The molecule has 0 aliphatic rings.